The lowest BCUT2D eigenvalue weighted by molar-refractivity contribution is 0.0940. The number of hydrogen-bond donors (Lipinski definition) is 1. The van der Waals surface area contributed by atoms with Crippen LogP contribution in [0.15, 0.2) is 46.9 Å². The molecule has 5 heteroatoms. The number of amides is 1. The van der Waals surface area contributed by atoms with Gasteiger partial charge in [0.25, 0.3) is 5.91 Å². The molecule has 0 spiro atoms. The van der Waals surface area contributed by atoms with Crippen LogP contribution in [0.1, 0.15) is 28.9 Å². The molecule has 0 heterocycles. The first kappa shape index (κ1) is 15.9. The van der Waals surface area contributed by atoms with Gasteiger partial charge in [-0.15, -0.1) is 0 Å². The van der Waals surface area contributed by atoms with Crippen molar-refractivity contribution >= 4 is 33.4 Å². The van der Waals surface area contributed by atoms with Gasteiger partial charge in [0.05, 0.1) is 18.2 Å². The van der Waals surface area contributed by atoms with Crippen molar-refractivity contribution in [1.29, 1.82) is 0 Å². The highest BCUT2D eigenvalue weighted by molar-refractivity contribution is 9.10. The standard InChI is InChI=1S/C16H15BrClNO2/c1-10(11-3-6-13(21-2)7-4-11)19-16(20)12-5-8-15(18)14(17)9-12/h3-10H,1-2H3,(H,19,20). The number of ether oxygens (including phenoxy) is 1. The minimum absolute atomic E-state index is 0.0992. The molecule has 1 atom stereocenters. The lowest BCUT2D eigenvalue weighted by Crippen LogP contribution is -2.26. The normalized spacial score (nSPS) is 11.8. The minimum Gasteiger partial charge on any atom is -0.497 e. The van der Waals surface area contributed by atoms with Crippen LogP contribution in [0.25, 0.3) is 0 Å². The Morgan fingerprint density at radius 2 is 1.90 bits per heavy atom. The van der Waals surface area contributed by atoms with Gasteiger partial charge in [0, 0.05) is 10.0 Å². The van der Waals surface area contributed by atoms with Crippen molar-refractivity contribution in [1.82, 2.24) is 5.32 Å². The van der Waals surface area contributed by atoms with Crippen LogP contribution < -0.4 is 10.1 Å². The maximum atomic E-state index is 12.2. The smallest absolute Gasteiger partial charge is 0.251 e. The molecule has 0 aliphatic rings. The third-order valence-corrected chi connectivity index (χ3v) is 4.36. The van der Waals surface area contributed by atoms with E-state index in [0.29, 0.717) is 15.1 Å². The minimum atomic E-state index is -0.143. The number of hydrogen-bond acceptors (Lipinski definition) is 2. The van der Waals surface area contributed by atoms with Gasteiger partial charge in [-0.1, -0.05) is 23.7 Å². The number of carbonyl (C=O) groups is 1. The Morgan fingerprint density at radius 1 is 1.24 bits per heavy atom. The van der Waals surface area contributed by atoms with Crippen LogP contribution in [0.3, 0.4) is 0 Å². The SMILES string of the molecule is COc1ccc(C(C)NC(=O)c2ccc(Cl)c(Br)c2)cc1. The van der Waals surface area contributed by atoms with Gasteiger partial charge in [-0.05, 0) is 58.7 Å². The van der Waals surface area contributed by atoms with E-state index in [2.05, 4.69) is 21.2 Å². The monoisotopic (exact) mass is 367 g/mol. The van der Waals surface area contributed by atoms with Gasteiger partial charge in [0.2, 0.25) is 0 Å². The van der Waals surface area contributed by atoms with E-state index in [1.807, 2.05) is 31.2 Å². The Labute approximate surface area is 137 Å². The Hall–Kier alpha value is -1.52. The molecule has 0 saturated carbocycles. The molecular formula is C16H15BrClNO2. The number of halogens is 2. The molecule has 0 saturated heterocycles. The van der Waals surface area contributed by atoms with Gasteiger partial charge in [-0.3, -0.25) is 4.79 Å². The molecule has 0 aromatic heterocycles. The maximum Gasteiger partial charge on any atom is 0.251 e. The molecule has 1 unspecified atom stereocenters. The zero-order chi connectivity index (χ0) is 15.4. The largest absolute Gasteiger partial charge is 0.497 e. The quantitative estimate of drug-likeness (QED) is 0.856. The summed E-state index contributed by atoms with van der Waals surface area (Å²) < 4.78 is 5.82. The molecule has 2 aromatic carbocycles. The second kappa shape index (κ2) is 6.96. The maximum absolute atomic E-state index is 12.2. The topological polar surface area (TPSA) is 38.3 Å². The van der Waals surface area contributed by atoms with E-state index in [9.17, 15) is 4.79 Å². The molecule has 0 radical (unpaired) electrons. The Kier molecular flexibility index (Phi) is 5.26. The fourth-order valence-electron chi connectivity index (χ4n) is 1.89. The van der Waals surface area contributed by atoms with Crippen molar-refractivity contribution in [3.63, 3.8) is 0 Å². The van der Waals surface area contributed by atoms with Gasteiger partial charge in [-0.2, -0.15) is 0 Å². The van der Waals surface area contributed by atoms with E-state index < -0.39 is 0 Å². The molecular weight excluding hydrogens is 354 g/mol. The Bertz CT molecular complexity index is 643. The van der Waals surface area contributed by atoms with Gasteiger partial charge in [0.1, 0.15) is 5.75 Å². The number of rotatable bonds is 4. The fourth-order valence-corrected chi connectivity index (χ4v) is 2.39. The first-order valence-electron chi connectivity index (χ1n) is 6.41. The molecule has 1 N–H and O–H groups in total. The van der Waals surface area contributed by atoms with Gasteiger partial charge in [0.15, 0.2) is 0 Å². The Balaban J connectivity index is 2.08. The summed E-state index contributed by atoms with van der Waals surface area (Å²) >= 11 is 9.24. The van der Waals surface area contributed by atoms with Crippen LogP contribution in [-0.4, -0.2) is 13.0 Å². The van der Waals surface area contributed by atoms with Crippen LogP contribution in [-0.2, 0) is 0 Å². The molecule has 0 fully saturated rings. The average Bonchev–Trinajstić information content (AvgIpc) is 2.50. The third-order valence-electron chi connectivity index (χ3n) is 3.15. The van der Waals surface area contributed by atoms with E-state index in [-0.39, 0.29) is 11.9 Å². The molecule has 0 aliphatic carbocycles. The molecule has 2 rings (SSSR count). The van der Waals surface area contributed by atoms with Crippen molar-refractivity contribution in [2.24, 2.45) is 0 Å². The van der Waals surface area contributed by atoms with Crippen molar-refractivity contribution < 1.29 is 9.53 Å². The van der Waals surface area contributed by atoms with E-state index >= 15 is 0 Å². The van der Waals surface area contributed by atoms with E-state index in [1.54, 1.807) is 25.3 Å². The highest BCUT2D eigenvalue weighted by atomic mass is 79.9. The summed E-state index contributed by atoms with van der Waals surface area (Å²) in [5.41, 5.74) is 1.57. The van der Waals surface area contributed by atoms with Crippen molar-refractivity contribution in [2.75, 3.05) is 7.11 Å². The zero-order valence-corrected chi connectivity index (χ0v) is 14.0. The Morgan fingerprint density at radius 3 is 2.48 bits per heavy atom. The second-order valence-electron chi connectivity index (χ2n) is 4.60. The van der Waals surface area contributed by atoms with Crippen LogP contribution >= 0.6 is 27.5 Å². The van der Waals surface area contributed by atoms with Crippen molar-refractivity contribution in [2.45, 2.75) is 13.0 Å². The van der Waals surface area contributed by atoms with Gasteiger partial charge < -0.3 is 10.1 Å². The molecule has 110 valence electrons. The summed E-state index contributed by atoms with van der Waals surface area (Å²) in [6, 6.07) is 12.6. The molecule has 3 nitrogen and oxygen atoms in total. The predicted octanol–water partition coefficient (Wildman–Crippen LogP) is 4.60. The highest BCUT2D eigenvalue weighted by Crippen LogP contribution is 2.24. The highest BCUT2D eigenvalue weighted by Gasteiger charge is 2.12. The molecule has 0 aliphatic heterocycles. The molecule has 21 heavy (non-hydrogen) atoms. The summed E-state index contributed by atoms with van der Waals surface area (Å²) in [7, 11) is 1.62. The average molecular weight is 369 g/mol. The first-order chi connectivity index (χ1) is 10.0. The van der Waals surface area contributed by atoms with E-state index in [1.165, 1.54) is 0 Å². The predicted molar refractivity (Wildman–Crippen MR) is 88.0 cm³/mol. The summed E-state index contributed by atoms with van der Waals surface area (Å²) in [5, 5.41) is 3.53. The number of methoxy groups -OCH3 is 1. The third kappa shape index (κ3) is 3.99. The molecule has 1 amide bonds. The van der Waals surface area contributed by atoms with E-state index in [0.717, 1.165) is 11.3 Å². The van der Waals surface area contributed by atoms with Crippen LogP contribution in [0.4, 0.5) is 0 Å². The summed E-state index contributed by atoms with van der Waals surface area (Å²) in [6.07, 6.45) is 0. The van der Waals surface area contributed by atoms with Crippen molar-refractivity contribution in [3.8, 4) is 5.75 Å². The van der Waals surface area contributed by atoms with E-state index in [4.69, 9.17) is 16.3 Å². The first-order valence-corrected chi connectivity index (χ1v) is 7.58. The van der Waals surface area contributed by atoms with Gasteiger partial charge >= 0.3 is 0 Å². The van der Waals surface area contributed by atoms with Crippen LogP contribution in [0.5, 0.6) is 5.75 Å². The number of nitrogens with one attached hydrogen (secondary N) is 1. The summed E-state index contributed by atoms with van der Waals surface area (Å²) in [5.74, 6) is 0.648. The van der Waals surface area contributed by atoms with Crippen LogP contribution in [0, 0.1) is 0 Å². The van der Waals surface area contributed by atoms with Crippen molar-refractivity contribution in [3.05, 3.63) is 63.1 Å². The van der Waals surface area contributed by atoms with Gasteiger partial charge in [-0.25, -0.2) is 0 Å². The lowest BCUT2D eigenvalue weighted by atomic mass is 10.1. The van der Waals surface area contributed by atoms with Crippen LogP contribution in [0.2, 0.25) is 5.02 Å². The number of carbonyl (C=O) groups excluding carboxylic acids is 1. The lowest BCUT2D eigenvalue weighted by Gasteiger charge is -2.15. The molecule has 0 bridgehead atoms. The summed E-state index contributed by atoms with van der Waals surface area (Å²) in [6.45, 7) is 1.94. The molecule has 2 aromatic rings. The summed E-state index contributed by atoms with van der Waals surface area (Å²) in [4.78, 5) is 12.2. The number of benzene rings is 2. The fraction of sp³-hybridized carbons (Fsp3) is 0.188. The zero-order valence-electron chi connectivity index (χ0n) is 11.7. The second-order valence-corrected chi connectivity index (χ2v) is 5.86.